The number of hydrogen-bond acceptors (Lipinski definition) is 2. The molecule has 0 fully saturated rings. The van der Waals surface area contributed by atoms with Gasteiger partial charge in [-0.2, -0.15) is 0 Å². The zero-order valence-electron chi connectivity index (χ0n) is 14.1. The van der Waals surface area contributed by atoms with Gasteiger partial charge in [0.15, 0.2) is 0 Å². The molecule has 2 nitrogen and oxygen atoms in total. The zero-order valence-corrected chi connectivity index (χ0v) is 14.1. The molecule has 1 rings (SSSR count). The highest BCUT2D eigenvalue weighted by Gasteiger charge is 2.17. The normalized spacial score (nSPS) is 13.3. The smallest absolute Gasteiger partial charge is 0.149 e. The minimum atomic E-state index is -0.494. The molecule has 0 saturated heterocycles. The second kappa shape index (κ2) is 7.21. The van der Waals surface area contributed by atoms with E-state index < -0.39 is 11.6 Å². The Morgan fingerprint density at radius 3 is 2.14 bits per heavy atom. The van der Waals surface area contributed by atoms with Crippen molar-refractivity contribution in [3.63, 3.8) is 0 Å². The highest BCUT2D eigenvalue weighted by atomic mass is 19.1. The van der Waals surface area contributed by atoms with Gasteiger partial charge in [-0.1, -0.05) is 20.3 Å². The summed E-state index contributed by atoms with van der Waals surface area (Å²) < 4.78 is 28.5. The van der Waals surface area contributed by atoms with Gasteiger partial charge in [0.2, 0.25) is 0 Å². The molecule has 4 heteroatoms. The van der Waals surface area contributed by atoms with Gasteiger partial charge in [0.05, 0.1) is 0 Å². The first-order chi connectivity index (χ1) is 9.64. The second-order valence-electron chi connectivity index (χ2n) is 6.91. The lowest BCUT2D eigenvalue weighted by Crippen LogP contribution is -2.35. The summed E-state index contributed by atoms with van der Waals surface area (Å²) in [7, 11) is 1.74. The third-order valence-electron chi connectivity index (χ3n) is 3.56. The van der Waals surface area contributed by atoms with E-state index >= 15 is 0 Å². The van der Waals surface area contributed by atoms with Crippen molar-refractivity contribution < 1.29 is 8.78 Å². The Kier molecular flexibility index (Phi) is 6.14. The fraction of sp³-hybridized carbons (Fsp3) is 0.647. The van der Waals surface area contributed by atoms with Crippen LogP contribution in [0.1, 0.15) is 46.6 Å². The van der Waals surface area contributed by atoms with E-state index in [0.717, 1.165) is 6.42 Å². The molecule has 0 spiro atoms. The first-order valence-electron chi connectivity index (χ1n) is 7.58. The molecule has 0 heterocycles. The molecule has 0 aliphatic rings. The van der Waals surface area contributed by atoms with E-state index in [0.29, 0.717) is 24.6 Å². The number of rotatable bonds is 6. The molecule has 1 atom stereocenters. The number of nitrogens with zero attached hydrogens (tertiary/aromatic N) is 1. The lowest BCUT2D eigenvalue weighted by atomic mass is 10.1. The highest BCUT2D eigenvalue weighted by molar-refractivity contribution is 5.50. The lowest BCUT2D eigenvalue weighted by Gasteiger charge is -2.25. The topological polar surface area (TPSA) is 15.3 Å². The number of halogens is 2. The van der Waals surface area contributed by atoms with Crippen LogP contribution in [0.2, 0.25) is 0 Å². The van der Waals surface area contributed by atoms with E-state index in [1.54, 1.807) is 11.9 Å². The first-order valence-corrected chi connectivity index (χ1v) is 7.58. The third-order valence-corrected chi connectivity index (χ3v) is 3.56. The van der Waals surface area contributed by atoms with Crippen LogP contribution in [-0.4, -0.2) is 19.1 Å². The average molecular weight is 298 g/mol. The molecular weight excluding hydrogens is 270 g/mol. The quantitative estimate of drug-likeness (QED) is 0.840. The monoisotopic (exact) mass is 298 g/mol. The number of anilines is 1. The van der Waals surface area contributed by atoms with E-state index in [1.165, 1.54) is 12.1 Å². The molecule has 0 amide bonds. The minimum Gasteiger partial charge on any atom is -0.370 e. The third kappa shape index (κ3) is 5.62. The van der Waals surface area contributed by atoms with Crippen LogP contribution in [0.5, 0.6) is 0 Å². The number of nitrogens with one attached hydrogen (secondary N) is 1. The summed E-state index contributed by atoms with van der Waals surface area (Å²) in [6.45, 7) is 11.3. The van der Waals surface area contributed by atoms with Crippen LogP contribution in [0.25, 0.3) is 0 Å². The molecule has 1 N–H and O–H groups in total. The van der Waals surface area contributed by atoms with Crippen molar-refractivity contribution in [1.29, 1.82) is 0 Å². The van der Waals surface area contributed by atoms with Crippen LogP contribution in [0.15, 0.2) is 12.1 Å². The van der Waals surface area contributed by atoms with Crippen molar-refractivity contribution >= 4 is 5.69 Å². The molecule has 21 heavy (non-hydrogen) atoms. The summed E-state index contributed by atoms with van der Waals surface area (Å²) in [5, 5.41) is 3.24. The maximum absolute atomic E-state index is 14.2. The summed E-state index contributed by atoms with van der Waals surface area (Å²) in [5.74, 6) is -0.589. The summed E-state index contributed by atoms with van der Waals surface area (Å²) in [6.07, 6.45) is 0.987. The first kappa shape index (κ1) is 17.9. The summed E-state index contributed by atoms with van der Waals surface area (Å²) in [4.78, 5) is 1.67. The predicted octanol–water partition coefficient (Wildman–Crippen LogP) is 4.34. The zero-order chi connectivity index (χ0) is 16.2. The van der Waals surface area contributed by atoms with Gasteiger partial charge in [0, 0.05) is 25.7 Å². The van der Waals surface area contributed by atoms with Gasteiger partial charge in [-0.3, -0.25) is 0 Å². The molecule has 0 aliphatic heterocycles. The molecule has 0 aromatic heterocycles. The molecular formula is C17H28F2N2. The second-order valence-corrected chi connectivity index (χ2v) is 6.91. The number of benzene rings is 1. The summed E-state index contributed by atoms with van der Waals surface area (Å²) >= 11 is 0. The average Bonchev–Trinajstić information content (AvgIpc) is 2.34. The van der Waals surface area contributed by atoms with E-state index in [9.17, 15) is 8.78 Å². The highest BCUT2D eigenvalue weighted by Crippen LogP contribution is 2.25. The fourth-order valence-corrected chi connectivity index (χ4v) is 2.14. The summed E-state index contributed by atoms with van der Waals surface area (Å²) in [5.41, 5.74) is 0.606. The molecule has 1 aromatic carbocycles. The molecule has 0 bridgehead atoms. The van der Waals surface area contributed by atoms with Crippen molar-refractivity contribution in [3.05, 3.63) is 29.3 Å². The Morgan fingerprint density at radius 1 is 1.19 bits per heavy atom. The molecule has 0 aliphatic carbocycles. The SMILES string of the molecule is CCC(C)CN(C)c1c(F)cc(CNC(C)(C)C)cc1F. The Labute approximate surface area is 127 Å². The van der Waals surface area contributed by atoms with E-state index in [-0.39, 0.29) is 11.2 Å². The molecule has 1 unspecified atom stereocenters. The van der Waals surface area contributed by atoms with Crippen LogP contribution in [0.4, 0.5) is 14.5 Å². The van der Waals surface area contributed by atoms with Crippen LogP contribution in [0.3, 0.4) is 0 Å². The minimum absolute atomic E-state index is 0.0646. The van der Waals surface area contributed by atoms with Crippen LogP contribution < -0.4 is 10.2 Å². The Hall–Kier alpha value is -1.16. The van der Waals surface area contributed by atoms with Crippen molar-refractivity contribution in [2.75, 3.05) is 18.5 Å². The van der Waals surface area contributed by atoms with Gasteiger partial charge in [0.25, 0.3) is 0 Å². The Balaban J connectivity index is 2.89. The largest absolute Gasteiger partial charge is 0.370 e. The lowest BCUT2D eigenvalue weighted by molar-refractivity contribution is 0.422. The standard InChI is InChI=1S/C17H28F2N2/c1-7-12(2)11-21(6)16-14(18)8-13(9-15(16)19)10-20-17(3,4)5/h8-9,12,20H,7,10-11H2,1-6H3. The van der Waals surface area contributed by atoms with Crippen molar-refractivity contribution in [2.24, 2.45) is 5.92 Å². The Morgan fingerprint density at radius 2 is 1.71 bits per heavy atom. The van der Waals surface area contributed by atoms with Gasteiger partial charge in [0.1, 0.15) is 17.3 Å². The summed E-state index contributed by atoms with van der Waals surface area (Å²) in [6, 6.07) is 2.84. The van der Waals surface area contributed by atoms with Crippen molar-refractivity contribution in [1.82, 2.24) is 5.32 Å². The molecule has 0 saturated carbocycles. The van der Waals surface area contributed by atoms with E-state index in [2.05, 4.69) is 19.2 Å². The van der Waals surface area contributed by atoms with Crippen LogP contribution in [0, 0.1) is 17.6 Å². The van der Waals surface area contributed by atoms with Gasteiger partial charge in [-0.25, -0.2) is 8.78 Å². The van der Waals surface area contributed by atoms with Crippen molar-refractivity contribution in [2.45, 2.75) is 53.1 Å². The van der Waals surface area contributed by atoms with Crippen LogP contribution >= 0.6 is 0 Å². The van der Waals surface area contributed by atoms with Gasteiger partial charge < -0.3 is 10.2 Å². The molecule has 120 valence electrons. The maximum Gasteiger partial charge on any atom is 0.149 e. The van der Waals surface area contributed by atoms with Gasteiger partial charge in [-0.05, 0) is 44.4 Å². The van der Waals surface area contributed by atoms with E-state index in [1.807, 2.05) is 20.8 Å². The van der Waals surface area contributed by atoms with Crippen molar-refractivity contribution in [3.8, 4) is 0 Å². The maximum atomic E-state index is 14.2. The van der Waals surface area contributed by atoms with Gasteiger partial charge in [-0.15, -0.1) is 0 Å². The predicted molar refractivity (Wildman–Crippen MR) is 85.7 cm³/mol. The molecule has 1 aromatic rings. The van der Waals surface area contributed by atoms with E-state index in [4.69, 9.17) is 0 Å². The van der Waals surface area contributed by atoms with Gasteiger partial charge >= 0.3 is 0 Å². The number of hydrogen-bond donors (Lipinski definition) is 1. The van der Waals surface area contributed by atoms with Crippen LogP contribution in [-0.2, 0) is 6.54 Å². The fourth-order valence-electron chi connectivity index (χ4n) is 2.14. The Bertz CT molecular complexity index is 443. The molecule has 0 radical (unpaired) electrons.